The van der Waals surface area contributed by atoms with Gasteiger partial charge in [-0.15, -0.1) is 0 Å². The fourth-order valence-electron chi connectivity index (χ4n) is 4.55. The third-order valence-corrected chi connectivity index (χ3v) is 18.0. The molecule has 0 spiro atoms. The maximum absolute atomic E-state index is 11.9. The number of hydrogen-bond donors (Lipinski definition) is 2. The van der Waals surface area contributed by atoms with E-state index in [1.165, 1.54) is 5.56 Å². The van der Waals surface area contributed by atoms with Gasteiger partial charge in [0.2, 0.25) is 0 Å². The molecule has 3 atom stereocenters. The quantitative estimate of drug-likeness (QED) is 0.334. The van der Waals surface area contributed by atoms with Crippen LogP contribution in [0.25, 0.3) is 0 Å². The minimum Gasteiger partial charge on any atom is -0.413 e. The molecule has 208 valence electrons. The molecule has 6 nitrogen and oxygen atoms in total. The molecular weight excluding hydrogens is 495 g/mol. The molecule has 1 unspecified atom stereocenters. The summed E-state index contributed by atoms with van der Waals surface area (Å²) in [6.07, 6.45) is 0.227. The molecule has 3 rings (SSSR count). The molecule has 2 N–H and O–H groups in total. The lowest BCUT2D eigenvalue weighted by Crippen LogP contribution is -2.44. The van der Waals surface area contributed by atoms with E-state index in [-0.39, 0.29) is 22.2 Å². The van der Waals surface area contributed by atoms with Gasteiger partial charge in [-0.1, -0.05) is 71.9 Å². The summed E-state index contributed by atoms with van der Waals surface area (Å²) in [6.45, 7) is 26.7. The van der Waals surface area contributed by atoms with Gasteiger partial charge in [-0.2, -0.15) is 5.10 Å². The Hall–Kier alpha value is -1.30. The molecule has 1 fully saturated rings. The first-order chi connectivity index (χ1) is 16.9. The number of likely N-dealkylation sites (tertiary alicyclic amines) is 1. The Morgan fingerprint density at radius 1 is 1.03 bits per heavy atom. The number of benzene rings is 1. The van der Waals surface area contributed by atoms with Gasteiger partial charge in [0.1, 0.15) is 0 Å². The van der Waals surface area contributed by atoms with Crippen LogP contribution in [0, 0.1) is 6.92 Å². The second-order valence-electron chi connectivity index (χ2n) is 13.9. The fraction of sp³-hybridized carbons (Fsp3) is 0.690. The van der Waals surface area contributed by atoms with Crippen LogP contribution in [0.4, 0.5) is 0 Å². The third-order valence-electron chi connectivity index (χ3n) is 9.02. The van der Waals surface area contributed by atoms with E-state index in [0.29, 0.717) is 6.61 Å². The van der Waals surface area contributed by atoms with Gasteiger partial charge >= 0.3 is 0 Å². The van der Waals surface area contributed by atoms with Gasteiger partial charge in [0.15, 0.2) is 16.6 Å². The highest BCUT2D eigenvalue weighted by molar-refractivity contribution is 6.74. The van der Waals surface area contributed by atoms with E-state index in [2.05, 4.69) is 107 Å². The topological polar surface area (TPSA) is 70.6 Å². The molecule has 1 aromatic carbocycles. The highest BCUT2D eigenvalue weighted by atomic mass is 28.4. The summed E-state index contributed by atoms with van der Waals surface area (Å²) in [4.78, 5) is 2.41. The van der Waals surface area contributed by atoms with E-state index >= 15 is 0 Å². The molecule has 1 saturated heterocycles. The van der Waals surface area contributed by atoms with Crippen LogP contribution in [-0.2, 0) is 22.0 Å². The molecule has 0 aliphatic carbocycles. The monoisotopic (exact) mass is 545 g/mol. The molecule has 0 bridgehead atoms. The number of aromatic amines is 1. The van der Waals surface area contributed by atoms with Crippen molar-refractivity contribution in [1.29, 1.82) is 0 Å². The number of aromatic nitrogens is 2. The van der Waals surface area contributed by atoms with Crippen molar-refractivity contribution >= 4 is 16.6 Å². The molecule has 0 radical (unpaired) electrons. The molecule has 2 aromatic rings. The van der Waals surface area contributed by atoms with Crippen LogP contribution in [0.15, 0.2) is 30.3 Å². The van der Waals surface area contributed by atoms with Gasteiger partial charge in [0.25, 0.3) is 0 Å². The molecule has 0 saturated carbocycles. The van der Waals surface area contributed by atoms with Gasteiger partial charge in [0, 0.05) is 30.4 Å². The van der Waals surface area contributed by atoms with Crippen LogP contribution in [0.5, 0.6) is 0 Å². The van der Waals surface area contributed by atoms with Crippen LogP contribution in [-0.4, -0.2) is 55.5 Å². The summed E-state index contributed by atoms with van der Waals surface area (Å²) in [5, 5.41) is 19.9. The molecule has 8 heteroatoms. The number of aryl methyl sites for hydroxylation is 1. The smallest absolute Gasteiger partial charge is 0.192 e. The van der Waals surface area contributed by atoms with E-state index in [0.717, 1.165) is 36.5 Å². The first-order valence-electron chi connectivity index (χ1n) is 13.7. The Labute approximate surface area is 227 Å². The standard InChI is InChI=1S/C29H51N3O3Si2/c1-21-26(24(31-30-21)20-34-36(8,9)28(2,3)4)27(33)25-17-23(35-37(10,11)29(5,6)7)19-32(25)18-22-15-13-12-14-16-22/h12-16,23,25,27,33H,17-20H2,1-11H3,(H,30,31)/t23-,25+,27?/m1/s1. The summed E-state index contributed by atoms with van der Waals surface area (Å²) in [5.74, 6) is 0. The summed E-state index contributed by atoms with van der Waals surface area (Å²) in [7, 11) is -3.89. The molecule has 0 amide bonds. The Kier molecular flexibility index (Phi) is 9.04. The molecule has 37 heavy (non-hydrogen) atoms. The minimum atomic E-state index is -1.95. The predicted octanol–water partition coefficient (Wildman–Crippen LogP) is 6.94. The Bertz CT molecular complexity index is 1030. The number of H-pyrrole nitrogens is 1. The van der Waals surface area contributed by atoms with Gasteiger partial charge < -0.3 is 14.0 Å². The Morgan fingerprint density at radius 2 is 1.62 bits per heavy atom. The van der Waals surface area contributed by atoms with Crippen molar-refractivity contribution in [3.05, 3.63) is 52.8 Å². The summed E-state index contributed by atoms with van der Waals surface area (Å²) >= 11 is 0. The van der Waals surface area contributed by atoms with Gasteiger partial charge in [0.05, 0.1) is 24.5 Å². The van der Waals surface area contributed by atoms with Crippen molar-refractivity contribution in [2.24, 2.45) is 0 Å². The summed E-state index contributed by atoms with van der Waals surface area (Å²) in [6, 6.07) is 10.5. The lowest BCUT2D eigenvalue weighted by atomic mass is 9.97. The van der Waals surface area contributed by atoms with Crippen molar-refractivity contribution in [3.8, 4) is 0 Å². The van der Waals surface area contributed by atoms with E-state index in [1.807, 2.05) is 13.0 Å². The molecule has 2 heterocycles. The molecule has 1 aliphatic heterocycles. The van der Waals surface area contributed by atoms with E-state index in [9.17, 15) is 5.11 Å². The lowest BCUT2D eigenvalue weighted by Gasteiger charge is -2.38. The highest BCUT2D eigenvalue weighted by Gasteiger charge is 2.45. The van der Waals surface area contributed by atoms with Crippen LogP contribution >= 0.6 is 0 Å². The second-order valence-corrected chi connectivity index (χ2v) is 23.5. The summed E-state index contributed by atoms with van der Waals surface area (Å²) in [5.41, 5.74) is 3.87. The van der Waals surface area contributed by atoms with Crippen molar-refractivity contribution in [3.63, 3.8) is 0 Å². The number of aliphatic hydroxyl groups excluding tert-OH is 1. The number of rotatable bonds is 9. The van der Waals surface area contributed by atoms with Gasteiger partial charge in [-0.25, -0.2) is 0 Å². The highest BCUT2D eigenvalue weighted by Crippen LogP contribution is 2.42. The fourth-order valence-corrected chi connectivity index (χ4v) is 6.83. The predicted molar refractivity (Wildman–Crippen MR) is 158 cm³/mol. The van der Waals surface area contributed by atoms with Crippen LogP contribution in [0.1, 0.15) is 76.6 Å². The van der Waals surface area contributed by atoms with Crippen LogP contribution in [0.3, 0.4) is 0 Å². The van der Waals surface area contributed by atoms with Crippen molar-refractivity contribution < 1.29 is 14.0 Å². The SMILES string of the molecule is Cc1[nH]nc(CO[Si](C)(C)C(C)(C)C)c1C(O)[C@@H]1C[C@@H](O[Si](C)(C)C(C)(C)C)CN1Cc1ccccc1. The van der Waals surface area contributed by atoms with Crippen molar-refractivity contribution in [2.45, 2.75) is 123 Å². The summed E-state index contributed by atoms with van der Waals surface area (Å²) < 4.78 is 13.4. The second kappa shape index (κ2) is 11.1. The van der Waals surface area contributed by atoms with Gasteiger partial charge in [-0.05, 0) is 55.2 Å². The lowest BCUT2D eigenvalue weighted by molar-refractivity contribution is 0.0668. The van der Waals surface area contributed by atoms with E-state index in [1.54, 1.807) is 0 Å². The minimum absolute atomic E-state index is 0.0575. The van der Waals surface area contributed by atoms with Crippen LogP contribution < -0.4 is 0 Å². The zero-order chi connectivity index (χ0) is 27.8. The van der Waals surface area contributed by atoms with Gasteiger partial charge in [-0.3, -0.25) is 10.00 Å². The number of aliphatic hydroxyl groups is 1. The third kappa shape index (κ3) is 7.02. The van der Waals surface area contributed by atoms with Crippen molar-refractivity contribution in [2.75, 3.05) is 6.54 Å². The zero-order valence-electron chi connectivity index (χ0n) is 25.1. The average molecular weight is 546 g/mol. The number of nitrogens with zero attached hydrogens (tertiary/aromatic N) is 2. The molecule has 1 aliphatic rings. The maximum Gasteiger partial charge on any atom is 0.192 e. The number of hydrogen-bond acceptors (Lipinski definition) is 5. The first-order valence-corrected chi connectivity index (χ1v) is 19.6. The normalized spacial score (nSPS) is 21.0. The maximum atomic E-state index is 11.9. The van der Waals surface area contributed by atoms with Crippen LogP contribution in [0.2, 0.25) is 36.3 Å². The number of nitrogens with one attached hydrogen (secondary N) is 1. The molecular formula is C29H51N3O3Si2. The Balaban J connectivity index is 1.86. The van der Waals surface area contributed by atoms with E-state index in [4.69, 9.17) is 8.85 Å². The average Bonchev–Trinajstić information content (AvgIpc) is 3.33. The first kappa shape index (κ1) is 30.2. The largest absolute Gasteiger partial charge is 0.413 e. The zero-order valence-corrected chi connectivity index (χ0v) is 27.1. The molecule has 1 aromatic heterocycles. The van der Waals surface area contributed by atoms with E-state index < -0.39 is 22.7 Å². The Morgan fingerprint density at radius 3 is 2.19 bits per heavy atom. The van der Waals surface area contributed by atoms with Crippen molar-refractivity contribution in [1.82, 2.24) is 15.1 Å².